The van der Waals surface area contributed by atoms with Crippen LogP contribution in [-0.4, -0.2) is 32.9 Å². The van der Waals surface area contributed by atoms with Crippen LogP contribution in [0.5, 0.6) is 5.75 Å². The number of benzene rings is 2. The van der Waals surface area contributed by atoms with E-state index in [2.05, 4.69) is 10.3 Å². The van der Waals surface area contributed by atoms with Crippen LogP contribution in [0.3, 0.4) is 0 Å². The van der Waals surface area contributed by atoms with Gasteiger partial charge in [-0.15, -0.1) is 0 Å². The minimum atomic E-state index is -0.911. The largest absolute Gasteiger partial charge is 0.479 e. The van der Waals surface area contributed by atoms with Crippen LogP contribution >= 0.6 is 11.6 Å². The Labute approximate surface area is 198 Å². The highest BCUT2D eigenvalue weighted by Crippen LogP contribution is 2.57. The van der Waals surface area contributed by atoms with E-state index in [4.69, 9.17) is 16.3 Å². The van der Waals surface area contributed by atoms with Crippen molar-refractivity contribution in [2.24, 2.45) is 5.92 Å². The number of Topliss-reactive ketones (excluding diaryl/α,β-unsaturated/α-hetero) is 1. The maximum Gasteiger partial charge on any atom is 0.261 e. The minimum absolute atomic E-state index is 0.0266. The molecule has 174 valence electrons. The molecule has 2 heterocycles. The predicted molar refractivity (Wildman–Crippen MR) is 120 cm³/mol. The standard InChI is InChI=1S/C25H20ClF2N3O3/c26-15-2-4-22-16(6-15)21(32)7-23(34-22)24(33)30-25-8-14(9-25)20(10-25)31-11-19(29-12-31)13-1-3-17(27)18(28)5-13/h1-6,11-12,14,20,23H,7-10H2,(H,30,33). The number of imidazole rings is 1. The summed E-state index contributed by atoms with van der Waals surface area (Å²) in [5.41, 5.74) is 1.13. The second kappa shape index (κ2) is 7.63. The van der Waals surface area contributed by atoms with Crippen molar-refractivity contribution >= 4 is 23.3 Å². The number of rotatable bonds is 4. The lowest BCUT2D eigenvalue weighted by Crippen LogP contribution is -2.56. The Morgan fingerprint density at radius 1 is 1.15 bits per heavy atom. The average Bonchev–Trinajstić information content (AvgIpc) is 3.49. The summed E-state index contributed by atoms with van der Waals surface area (Å²) in [6.07, 6.45) is 5.01. The Kier molecular flexibility index (Phi) is 4.78. The van der Waals surface area contributed by atoms with Crippen molar-refractivity contribution in [2.75, 3.05) is 0 Å². The second-order valence-corrected chi connectivity index (χ2v) is 9.86. The van der Waals surface area contributed by atoms with Crippen molar-refractivity contribution in [1.82, 2.24) is 14.9 Å². The zero-order chi connectivity index (χ0) is 23.6. The molecular formula is C25H20ClF2N3O3. The zero-order valence-electron chi connectivity index (χ0n) is 17.9. The van der Waals surface area contributed by atoms with Gasteiger partial charge < -0.3 is 14.6 Å². The molecule has 2 unspecified atom stereocenters. The molecule has 1 aliphatic heterocycles. The van der Waals surface area contributed by atoms with Gasteiger partial charge in [0.2, 0.25) is 0 Å². The van der Waals surface area contributed by atoms with Gasteiger partial charge in [0.05, 0.1) is 24.0 Å². The molecule has 1 N–H and O–H groups in total. The first-order valence-corrected chi connectivity index (χ1v) is 11.5. The summed E-state index contributed by atoms with van der Waals surface area (Å²) in [5, 5.41) is 3.58. The Bertz CT molecular complexity index is 1330. The highest BCUT2D eigenvalue weighted by molar-refractivity contribution is 6.31. The van der Waals surface area contributed by atoms with Crippen molar-refractivity contribution in [3.05, 3.63) is 71.1 Å². The van der Waals surface area contributed by atoms with Crippen LogP contribution < -0.4 is 10.1 Å². The fourth-order valence-electron chi connectivity index (χ4n) is 5.56. The highest BCUT2D eigenvalue weighted by atomic mass is 35.5. The lowest BCUT2D eigenvalue weighted by molar-refractivity contribution is -0.131. The van der Waals surface area contributed by atoms with Crippen molar-refractivity contribution in [1.29, 1.82) is 0 Å². The number of ether oxygens (including phenoxy) is 1. The third-order valence-electron chi connectivity index (χ3n) is 7.21. The zero-order valence-corrected chi connectivity index (χ0v) is 18.7. The molecule has 3 fully saturated rings. The molecule has 0 saturated heterocycles. The first-order chi connectivity index (χ1) is 16.3. The van der Waals surface area contributed by atoms with Crippen molar-refractivity contribution < 1.29 is 23.1 Å². The fourth-order valence-corrected chi connectivity index (χ4v) is 5.73. The van der Waals surface area contributed by atoms with Gasteiger partial charge >= 0.3 is 0 Å². The Morgan fingerprint density at radius 3 is 2.76 bits per heavy atom. The number of nitrogens with one attached hydrogen (secondary N) is 1. The fraction of sp³-hybridized carbons (Fsp3) is 0.320. The van der Waals surface area contributed by atoms with Crippen LogP contribution in [0.1, 0.15) is 42.1 Å². The van der Waals surface area contributed by atoms with Crippen LogP contribution in [0.25, 0.3) is 11.3 Å². The number of amides is 1. The number of carbonyl (C=O) groups is 2. The maximum atomic E-state index is 13.6. The molecule has 1 aromatic heterocycles. The number of aromatic nitrogens is 2. The number of hydrogen-bond donors (Lipinski definition) is 1. The lowest BCUT2D eigenvalue weighted by atomic mass is 9.76. The van der Waals surface area contributed by atoms with Gasteiger partial charge in [0, 0.05) is 28.4 Å². The summed E-state index contributed by atoms with van der Waals surface area (Å²) in [7, 11) is 0. The van der Waals surface area contributed by atoms with Gasteiger partial charge in [0.15, 0.2) is 23.5 Å². The minimum Gasteiger partial charge on any atom is -0.479 e. The molecule has 3 saturated carbocycles. The van der Waals surface area contributed by atoms with Gasteiger partial charge in [-0.25, -0.2) is 13.8 Å². The van der Waals surface area contributed by atoms with E-state index in [9.17, 15) is 18.4 Å². The molecule has 6 nitrogen and oxygen atoms in total. The predicted octanol–water partition coefficient (Wildman–Crippen LogP) is 4.73. The van der Waals surface area contributed by atoms with E-state index < -0.39 is 17.7 Å². The summed E-state index contributed by atoms with van der Waals surface area (Å²) in [6, 6.07) is 8.67. The number of halogens is 3. The monoisotopic (exact) mass is 483 g/mol. The molecule has 0 spiro atoms. The van der Waals surface area contributed by atoms with Gasteiger partial charge in [0.1, 0.15) is 5.75 Å². The molecule has 3 aromatic rings. The van der Waals surface area contributed by atoms with E-state index in [1.165, 1.54) is 6.07 Å². The van der Waals surface area contributed by atoms with Crippen LogP contribution in [0, 0.1) is 17.6 Å². The summed E-state index contributed by atoms with van der Waals surface area (Å²) in [4.78, 5) is 29.9. The molecule has 2 aromatic carbocycles. The van der Waals surface area contributed by atoms with Crippen LogP contribution in [0.2, 0.25) is 5.02 Å². The highest BCUT2D eigenvalue weighted by Gasteiger charge is 2.58. The maximum absolute atomic E-state index is 13.6. The first-order valence-electron chi connectivity index (χ1n) is 11.1. The van der Waals surface area contributed by atoms with Gasteiger partial charge in [-0.3, -0.25) is 9.59 Å². The first kappa shape index (κ1) is 21.3. The van der Waals surface area contributed by atoms with E-state index in [0.717, 1.165) is 31.4 Å². The molecule has 0 radical (unpaired) electrons. The Hall–Kier alpha value is -3.26. The van der Waals surface area contributed by atoms with Crippen LogP contribution in [0.4, 0.5) is 8.78 Å². The molecule has 34 heavy (non-hydrogen) atoms. The Morgan fingerprint density at radius 2 is 1.97 bits per heavy atom. The van der Waals surface area contributed by atoms with Gasteiger partial charge in [-0.1, -0.05) is 11.6 Å². The number of nitrogens with zero attached hydrogens (tertiary/aromatic N) is 2. The van der Waals surface area contributed by atoms with Crippen molar-refractivity contribution in [3.8, 4) is 17.0 Å². The van der Waals surface area contributed by atoms with Crippen molar-refractivity contribution in [3.63, 3.8) is 0 Å². The molecule has 1 amide bonds. The van der Waals surface area contributed by atoms with Crippen LogP contribution in [0.15, 0.2) is 48.9 Å². The molecule has 2 bridgehead atoms. The summed E-state index contributed by atoms with van der Waals surface area (Å²) in [5.74, 6) is -1.51. The van der Waals surface area contributed by atoms with Gasteiger partial charge in [0.25, 0.3) is 5.91 Å². The van der Waals surface area contributed by atoms with E-state index in [0.29, 0.717) is 33.5 Å². The third kappa shape index (κ3) is 3.48. The van der Waals surface area contributed by atoms with Gasteiger partial charge in [-0.05, 0) is 61.6 Å². The van der Waals surface area contributed by atoms with E-state index in [1.807, 2.05) is 10.8 Å². The summed E-state index contributed by atoms with van der Waals surface area (Å²) in [6.45, 7) is 0. The lowest BCUT2D eigenvalue weighted by Gasteiger charge is -2.40. The molecule has 7 rings (SSSR count). The van der Waals surface area contributed by atoms with Gasteiger partial charge in [-0.2, -0.15) is 0 Å². The SMILES string of the molecule is O=C1CC(C(=O)NC23CC(C2)C(n2cnc(-c4ccc(F)c(F)c4)c2)C3)Oc2ccc(Cl)cc21. The summed E-state index contributed by atoms with van der Waals surface area (Å²) < 4.78 is 34.6. The molecular weight excluding hydrogens is 464 g/mol. The van der Waals surface area contributed by atoms with E-state index in [1.54, 1.807) is 24.5 Å². The topological polar surface area (TPSA) is 73.2 Å². The number of carbonyl (C=O) groups excluding carboxylic acids is 2. The van der Waals surface area contributed by atoms with Crippen molar-refractivity contribution in [2.45, 2.75) is 43.4 Å². The quantitative estimate of drug-likeness (QED) is 0.582. The third-order valence-corrected chi connectivity index (χ3v) is 7.45. The van der Waals surface area contributed by atoms with E-state index in [-0.39, 0.29) is 29.7 Å². The summed E-state index contributed by atoms with van der Waals surface area (Å²) >= 11 is 5.97. The molecule has 2 atom stereocenters. The molecule has 9 heteroatoms. The average molecular weight is 484 g/mol. The van der Waals surface area contributed by atoms with E-state index >= 15 is 0 Å². The molecule has 4 aliphatic rings. The molecule has 3 aliphatic carbocycles. The number of fused-ring (bicyclic) bond motifs is 2. The number of hydrogen-bond acceptors (Lipinski definition) is 4. The smallest absolute Gasteiger partial charge is 0.261 e. The normalized spacial score (nSPS) is 27.0. The number of ketones is 1. The van der Waals surface area contributed by atoms with Crippen LogP contribution in [-0.2, 0) is 4.79 Å². The second-order valence-electron chi connectivity index (χ2n) is 9.42. The Balaban J connectivity index is 1.14.